The van der Waals surface area contributed by atoms with Crippen molar-refractivity contribution in [1.82, 2.24) is 10.7 Å². The highest BCUT2D eigenvalue weighted by atomic mass is 35.5. The third-order valence-corrected chi connectivity index (χ3v) is 5.74. The summed E-state index contributed by atoms with van der Waals surface area (Å²) in [5.41, 5.74) is 2.92. The fraction of sp³-hybridized carbons (Fsp3) is 0.0556. The number of rotatable bonds is 5. The standard InChI is InChI=1S/C18H12Cl3N3O2S/c19-11-6-5-10(13(20)7-11)8-23-24-15(25)9-22-18(26)17-16(21)12-3-1-2-4-14(12)27-17/h1-8H,9H2,(H,22,26)(H,24,25). The van der Waals surface area contributed by atoms with Crippen LogP contribution >= 0.6 is 46.1 Å². The molecule has 0 spiro atoms. The zero-order valence-corrected chi connectivity index (χ0v) is 16.7. The van der Waals surface area contributed by atoms with E-state index in [1.54, 1.807) is 18.2 Å². The Morgan fingerprint density at radius 1 is 1.11 bits per heavy atom. The van der Waals surface area contributed by atoms with Crippen molar-refractivity contribution in [3.05, 3.63) is 68.0 Å². The smallest absolute Gasteiger partial charge is 0.263 e. The van der Waals surface area contributed by atoms with Crippen LogP contribution in [0.15, 0.2) is 47.6 Å². The third-order valence-electron chi connectivity index (χ3n) is 3.51. The highest BCUT2D eigenvalue weighted by Crippen LogP contribution is 2.34. The van der Waals surface area contributed by atoms with Crippen molar-refractivity contribution in [3.8, 4) is 0 Å². The van der Waals surface area contributed by atoms with Crippen molar-refractivity contribution in [2.45, 2.75) is 0 Å². The Morgan fingerprint density at radius 2 is 1.89 bits per heavy atom. The summed E-state index contributed by atoms with van der Waals surface area (Å²) >= 11 is 19.3. The molecule has 0 bridgehead atoms. The monoisotopic (exact) mass is 439 g/mol. The van der Waals surface area contributed by atoms with E-state index in [4.69, 9.17) is 34.8 Å². The molecule has 138 valence electrons. The Kier molecular flexibility index (Phi) is 6.34. The fourth-order valence-corrected chi connectivity index (χ4v) is 4.11. The van der Waals surface area contributed by atoms with E-state index in [-0.39, 0.29) is 6.54 Å². The van der Waals surface area contributed by atoms with Gasteiger partial charge in [-0.05, 0) is 18.2 Å². The number of hydrogen-bond donors (Lipinski definition) is 2. The van der Waals surface area contributed by atoms with E-state index >= 15 is 0 Å². The molecule has 27 heavy (non-hydrogen) atoms. The van der Waals surface area contributed by atoms with Gasteiger partial charge in [0, 0.05) is 20.7 Å². The van der Waals surface area contributed by atoms with Gasteiger partial charge >= 0.3 is 0 Å². The van der Waals surface area contributed by atoms with Crippen LogP contribution in [0.2, 0.25) is 15.1 Å². The Bertz CT molecular complexity index is 1050. The minimum absolute atomic E-state index is 0.241. The summed E-state index contributed by atoms with van der Waals surface area (Å²) in [6.07, 6.45) is 1.39. The number of fused-ring (bicyclic) bond motifs is 1. The minimum atomic E-state index is -0.484. The molecular weight excluding hydrogens is 429 g/mol. The number of hydrazone groups is 1. The molecule has 0 aliphatic carbocycles. The summed E-state index contributed by atoms with van der Waals surface area (Å²) in [5, 5.41) is 8.43. The molecule has 3 rings (SSSR count). The highest BCUT2D eigenvalue weighted by Gasteiger charge is 2.17. The minimum Gasteiger partial charge on any atom is -0.342 e. The molecule has 5 nitrogen and oxygen atoms in total. The van der Waals surface area contributed by atoms with E-state index in [1.165, 1.54) is 17.6 Å². The molecule has 1 heterocycles. The molecule has 3 aromatic rings. The number of hydrogen-bond acceptors (Lipinski definition) is 4. The zero-order chi connectivity index (χ0) is 19.4. The molecule has 2 amide bonds. The van der Waals surface area contributed by atoms with Gasteiger partial charge in [-0.25, -0.2) is 5.43 Å². The Hall–Kier alpha value is -2.12. The van der Waals surface area contributed by atoms with Gasteiger partial charge < -0.3 is 5.32 Å². The maximum absolute atomic E-state index is 12.3. The number of thiophene rings is 1. The van der Waals surface area contributed by atoms with E-state index in [9.17, 15) is 9.59 Å². The van der Waals surface area contributed by atoms with E-state index in [0.717, 1.165) is 10.1 Å². The third kappa shape index (κ3) is 4.78. The van der Waals surface area contributed by atoms with E-state index in [2.05, 4.69) is 15.8 Å². The summed E-state index contributed by atoms with van der Waals surface area (Å²) in [6, 6.07) is 12.3. The summed E-state index contributed by atoms with van der Waals surface area (Å²) in [4.78, 5) is 24.5. The van der Waals surface area contributed by atoms with Crippen LogP contribution in [0.3, 0.4) is 0 Å². The van der Waals surface area contributed by atoms with Crippen LogP contribution in [0.1, 0.15) is 15.2 Å². The lowest BCUT2D eigenvalue weighted by Crippen LogP contribution is -2.34. The predicted octanol–water partition coefficient (Wildman–Crippen LogP) is 4.74. The van der Waals surface area contributed by atoms with E-state index < -0.39 is 11.8 Å². The lowest BCUT2D eigenvalue weighted by molar-refractivity contribution is -0.120. The molecular formula is C18H12Cl3N3O2S. The topological polar surface area (TPSA) is 70.6 Å². The van der Waals surface area contributed by atoms with E-state index in [0.29, 0.717) is 25.5 Å². The van der Waals surface area contributed by atoms with Gasteiger partial charge in [0.2, 0.25) is 0 Å². The molecule has 0 atom stereocenters. The van der Waals surface area contributed by atoms with Crippen molar-refractivity contribution in [2.24, 2.45) is 5.10 Å². The van der Waals surface area contributed by atoms with Crippen LogP contribution in [0.25, 0.3) is 10.1 Å². The number of nitrogens with one attached hydrogen (secondary N) is 2. The molecule has 9 heteroatoms. The predicted molar refractivity (Wildman–Crippen MR) is 111 cm³/mol. The average Bonchev–Trinajstić information content (AvgIpc) is 2.99. The number of carbonyl (C=O) groups excluding carboxylic acids is 2. The molecule has 0 saturated carbocycles. The first-order valence-corrected chi connectivity index (χ1v) is 9.63. The maximum Gasteiger partial charge on any atom is 0.263 e. The summed E-state index contributed by atoms with van der Waals surface area (Å²) < 4.78 is 0.904. The Balaban J connectivity index is 1.56. The number of carbonyl (C=O) groups is 2. The van der Waals surface area contributed by atoms with Gasteiger partial charge in [0.05, 0.1) is 22.8 Å². The molecule has 0 unspecified atom stereocenters. The second-order valence-corrected chi connectivity index (χ2v) is 7.66. The van der Waals surface area contributed by atoms with Crippen LogP contribution in [0.5, 0.6) is 0 Å². The van der Waals surface area contributed by atoms with Crippen LogP contribution in [-0.4, -0.2) is 24.6 Å². The fourth-order valence-electron chi connectivity index (χ4n) is 2.22. The second-order valence-electron chi connectivity index (χ2n) is 5.38. The van der Waals surface area contributed by atoms with Crippen molar-refractivity contribution in [2.75, 3.05) is 6.54 Å². The zero-order valence-electron chi connectivity index (χ0n) is 13.6. The number of halogens is 3. The lowest BCUT2D eigenvalue weighted by Gasteiger charge is -2.03. The highest BCUT2D eigenvalue weighted by molar-refractivity contribution is 7.21. The van der Waals surface area contributed by atoms with Crippen molar-refractivity contribution >= 4 is 74.3 Å². The lowest BCUT2D eigenvalue weighted by atomic mass is 10.2. The molecule has 1 aromatic heterocycles. The van der Waals surface area contributed by atoms with Gasteiger partial charge in [-0.3, -0.25) is 9.59 Å². The normalized spacial score (nSPS) is 11.1. The Morgan fingerprint density at radius 3 is 2.63 bits per heavy atom. The quantitative estimate of drug-likeness (QED) is 0.444. The van der Waals surface area contributed by atoms with Gasteiger partial charge in [0.1, 0.15) is 4.88 Å². The van der Waals surface area contributed by atoms with Crippen molar-refractivity contribution in [3.63, 3.8) is 0 Å². The van der Waals surface area contributed by atoms with Gasteiger partial charge in [-0.15, -0.1) is 11.3 Å². The summed E-state index contributed by atoms with van der Waals surface area (Å²) in [7, 11) is 0. The van der Waals surface area contributed by atoms with E-state index in [1.807, 2.05) is 24.3 Å². The van der Waals surface area contributed by atoms with Gasteiger partial charge in [0.25, 0.3) is 11.8 Å². The summed E-state index contributed by atoms with van der Waals surface area (Å²) in [6.45, 7) is -0.241. The second kappa shape index (κ2) is 8.71. The largest absolute Gasteiger partial charge is 0.342 e. The first-order valence-electron chi connectivity index (χ1n) is 7.68. The molecule has 0 aliphatic rings. The molecule has 2 N–H and O–H groups in total. The van der Waals surface area contributed by atoms with Crippen LogP contribution in [0, 0.1) is 0 Å². The number of benzene rings is 2. The SMILES string of the molecule is O=C(CNC(=O)c1sc2ccccc2c1Cl)NN=Cc1ccc(Cl)cc1Cl. The first-order chi connectivity index (χ1) is 13.0. The van der Waals surface area contributed by atoms with Crippen LogP contribution in [0.4, 0.5) is 0 Å². The molecule has 0 aliphatic heterocycles. The first kappa shape index (κ1) is 19.6. The number of amides is 2. The average molecular weight is 441 g/mol. The van der Waals surface area contributed by atoms with Crippen molar-refractivity contribution in [1.29, 1.82) is 0 Å². The molecule has 0 saturated heterocycles. The van der Waals surface area contributed by atoms with Crippen LogP contribution in [-0.2, 0) is 4.79 Å². The van der Waals surface area contributed by atoms with Crippen molar-refractivity contribution < 1.29 is 9.59 Å². The summed E-state index contributed by atoms with van der Waals surface area (Å²) in [5.74, 6) is -0.900. The maximum atomic E-state index is 12.3. The Labute approximate surface area is 173 Å². The van der Waals surface area contributed by atoms with Gasteiger partial charge in [-0.2, -0.15) is 5.10 Å². The van der Waals surface area contributed by atoms with Crippen LogP contribution < -0.4 is 10.7 Å². The van der Waals surface area contributed by atoms with Gasteiger partial charge in [0.15, 0.2) is 0 Å². The molecule has 0 fully saturated rings. The number of nitrogens with zero attached hydrogens (tertiary/aromatic N) is 1. The van der Waals surface area contributed by atoms with Gasteiger partial charge in [-0.1, -0.05) is 59.1 Å². The molecule has 0 radical (unpaired) electrons. The molecule has 2 aromatic carbocycles.